The first kappa shape index (κ1) is 24.3. The molecule has 5 atom stereocenters. The Morgan fingerprint density at radius 1 is 1.03 bits per heavy atom. The number of ether oxygens (including phenoxy) is 1. The van der Waals surface area contributed by atoms with Gasteiger partial charge < -0.3 is 9.84 Å². The fourth-order valence-electron chi connectivity index (χ4n) is 5.93. The van der Waals surface area contributed by atoms with Crippen molar-refractivity contribution in [2.24, 2.45) is 17.8 Å². The van der Waals surface area contributed by atoms with E-state index in [9.17, 15) is 27.9 Å². The topological polar surface area (TPSA) is 70.1 Å². The number of alkyl halides is 3. The third-order valence-electron chi connectivity index (χ3n) is 7.42. The molecule has 36 heavy (non-hydrogen) atoms. The van der Waals surface area contributed by atoms with Gasteiger partial charge in [-0.1, -0.05) is 48.6 Å². The molecule has 0 radical (unpaired) electrons. The fraction of sp³-hybridized carbons (Fsp3) is 0.333. The predicted octanol–water partition coefficient (Wildman–Crippen LogP) is 3.76. The Hall–Kier alpha value is -3.43. The molecule has 9 heteroatoms. The summed E-state index contributed by atoms with van der Waals surface area (Å²) in [6, 6.07) is 12.4. The molecule has 3 heterocycles. The number of carbonyl (C=O) groups is 2. The van der Waals surface area contributed by atoms with Crippen LogP contribution in [0.15, 0.2) is 67.3 Å². The molecule has 3 aliphatic heterocycles. The van der Waals surface area contributed by atoms with Crippen LogP contribution in [0.4, 0.5) is 13.2 Å². The molecule has 5 unspecified atom stereocenters. The first-order chi connectivity index (χ1) is 17.1. The summed E-state index contributed by atoms with van der Waals surface area (Å²) in [4.78, 5) is 29.5. The number of aliphatic hydroxyl groups excluding tert-OH is 1. The zero-order valence-electron chi connectivity index (χ0n) is 19.5. The summed E-state index contributed by atoms with van der Waals surface area (Å²) >= 11 is 0. The number of imide groups is 1. The van der Waals surface area contributed by atoms with Gasteiger partial charge in [0, 0.05) is 31.6 Å². The predicted molar refractivity (Wildman–Crippen MR) is 125 cm³/mol. The average Bonchev–Trinajstić information content (AvgIpc) is 3.08. The largest absolute Gasteiger partial charge is 0.573 e. The smallest absolute Gasteiger partial charge is 0.406 e. The molecule has 0 saturated carbocycles. The third kappa shape index (κ3) is 4.02. The van der Waals surface area contributed by atoms with Crippen molar-refractivity contribution in [1.82, 2.24) is 9.80 Å². The van der Waals surface area contributed by atoms with Crippen molar-refractivity contribution >= 4 is 17.4 Å². The number of nitrogens with zero attached hydrogens (tertiary/aromatic N) is 2. The molecule has 1 aliphatic carbocycles. The second-order valence-electron chi connectivity index (χ2n) is 9.37. The highest BCUT2D eigenvalue weighted by atomic mass is 19.4. The standard InChI is InChI=1S/C27H25F3N2O4/c1-3-20-22-19(17-9-7-15(14-33)8-10-17)12-21(23-24(22)26(35)31(2)25(23)34)32(20)13-16-5-4-6-18(11-16)36-27(28,29)30/h3-12,20-24,33H,1,13-14H2,2H3. The van der Waals surface area contributed by atoms with Crippen LogP contribution in [0, 0.1) is 17.8 Å². The highest BCUT2D eigenvalue weighted by molar-refractivity contribution is 6.07. The second-order valence-corrected chi connectivity index (χ2v) is 9.37. The van der Waals surface area contributed by atoms with Gasteiger partial charge >= 0.3 is 6.36 Å². The van der Waals surface area contributed by atoms with Gasteiger partial charge in [-0.25, -0.2) is 0 Å². The molecular formula is C27H25F3N2O4. The maximum atomic E-state index is 13.2. The Bertz CT molecular complexity index is 1240. The van der Waals surface area contributed by atoms with E-state index < -0.39 is 24.2 Å². The maximum Gasteiger partial charge on any atom is 0.573 e. The molecule has 4 aliphatic rings. The van der Waals surface area contributed by atoms with Gasteiger partial charge in [0.25, 0.3) is 0 Å². The van der Waals surface area contributed by atoms with Crippen LogP contribution in [-0.2, 0) is 22.7 Å². The van der Waals surface area contributed by atoms with Gasteiger partial charge in [0.15, 0.2) is 0 Å². The first-order valence-corrected chi connectivity index (χ1v) is 11.6. The monoisotopic (exact) mass is 498 g/mol. The molecule has 0 aromatic heterocycles. The van der Waals surface area contributed by atoms with Crippen LogP contribution in [0.5, 0.6) is 5.75 Å². The van der Waals surface area contributed by atoms with Gasteiger partial charge in [0.1, 0.15) is 5.75 Å². The fourth-order valence-corrected chi connectivity index (χ4v) is 5.93. The van der Waals surface area contributed by atoms with Crippen molar-refractivity contribution in [3.05, 3.63) is 84.0 Å². The number of hydrogen-bond acceptors (Lipinski definition) is 5. The van der Waals surface area contributed by atoms with Crippen molar-refractivity contribution in [2.45, 2.75) is 31.6 Å². The molecule has 2 saturated heterocycles. The normalized spacial score (nSPS) is 27.8. The Kier molecular flexibility index (Phi) is 6.00. The minimum absolute atomic E-state index is 0.0892. The number of fused-ring (bicyclic) bond motifs is 1. The number of rotatable bonds is 6. The first-order valence-electron chi connectivity index (χ1n) is 11.6. The quantitative estimate of drug-likeness (QED) is 0.485. The van der Waals surface area contributed by atoms with E-state index in [1.807, 2.05) is 35.2 Å². The summed E-state index contributed by atoms with van der Waals surface area (Å²) in [5.41, 5.74) is 3.16. The van der Waals surface area contributed by atoms with Crippen molar-refractivity contribution in [2.75, 3.05) is 7.05 Å². The van der Waals surface area contributed by atoms with Gasteiger partial charge in [-0.3, -0.25) is 19.4 Å². The van der Waals surface area contributed by atoms with Crippen LogP contribution in [0.25, 0.3) is 5.57 Å². The van der Waals surface area contributed by atoms with Gasteiger partial charge in [0.2, 0.25) is 11.8 Å². The van der Waals surface area contributed by atoms with E-state index in [2.05, 4.69) is 11.3 Å². The average molecular weight is 499 g/mol. The summed E-state index contributed by atoms with van der Waals surface area (Å²) in [6.45, 7) is 4.16. The number of benzene rings is 2. The number of carbonyl (C=O) groups excluding carboxylic acids is 2. The van der Waals surface area contributed by atoms with E-state index in [0.717, 1.165) is 16.7 Å². The zero-order chi connectivity index (χ0) is 25.8. The second kappa shape index (κ2) is 8.90. The minimum atomic E-state index is -4.80. The van der Waals surface area contributed by atoms with Crippen LogP contribution in [0.2, 0.25) is 0 Å². The van der Waals surface area contributed by atoms with Crippen LogP contribution in [-0.4, -0.2) is 52.2 Å². The van der Waals surface area contributed by atoms with Gasteiger partial charge in [-0.05, 0) is 34.4 Å². The molecule has 6 rings (SSSR count). The van der Waals surface area contributed by atoms with Gasteiger partial charge in [0.05, 0.1) is 18.4 Å². The number of piperidine rings is 1. The van der Waals surface area contributed by atoms with Crippen LogP contribution in [0.3, 0.4) is 0 Å². The summed E-state index contributed by atoms with van der Waals surface area (Å²) in [6.07, 6.45) is -1.06. The third-order valence-corrected chi connectivity index (χ3v) is 7.42. The number of halogens is 3. The van der Waals surface area contributed by atoms with E-state index in [-0.39, 0.29) is 42.7 Å². The van der Waals surface area contributed by atoms with Crippen LogP contribution >= 0.6 is 0 Å². The molecule has 0 spiro atoms. The van der Waals surface area contributed by atoms with Gasteiger partial charge in [-0.15, -0.1) is 19.8 Å². The number of amides is 2. The highest BCUT2D eigenvalue weighted by Gasteiger charge is 2.62. The van der Waals surface area contributed by atoms with E-state index in [1.165, 1.54) is 30.1 Å². The Labute approximate surface area is 206 Å². The van der Waals surface area contributed by atoms with Crippen LogP contribution in [0.1, 0.15) is 16.7 Å². The Morgan fingerprint density at radius 3 is 2.36 bits per heavy atom. The number of likely N-dealkylation sites (tertiary alicyclic amines) is 1. The molecule has 1 N–H and O–H groups in total. The summed E-state index contributed by atoms with van der Waals surface area (Å²) < 4.78 is 42.3. The van der Waals surface area contributed by atoms with Crippen molar-refractivity contribution < 1.29 is 32.6 Å². The van der Waals surface area contributed by atoms with E-state index in [4.69, 9.17) is 0 Å². The van der Waals surface area contributed by atoms with Crippen molar-refractivity contribution in [3.63, 3.8) is 0 Å². The Balaban J connectivity index is 1.55. The molecule has 6 nitrogen and oxygen atoms in total. The molecule has 2 aromatic rings. The SMILES string of the molecule is C=CC1C2C(c3ccc(CO)cc3)=CC(C3C(=O)N(C)C(=O)C32)N1Cc1cccc(OC(F)(F)F)c1. The molecule has 2 fully saturated rings. The summed E-state index contributed by atoms with van der Waals surface area (Å²) in [5.74, 6) is -2.31. The number of hydrogen-bond donors (Lipinski definition) is 1. The van der Waals surface area contributed by atoms with Crippen molar-refractivity contribution in [3.8, 4) is 5.75 Å². The van der Waals surface area contributed by atoms with E-state index in [1.54, 1.807) is 12.1 Å². The molecule has 2 amide bonds. The molecule has 2 aromatic carbocycles. The van der Waals surface area contributed by atoms with Crippen LogP contribution < -0.4 is 4.74 Å². The summed E-state index contributed by atoms with van der Waals surface area (Å²) in [7, 11) is 1.49. The van der Waals surface area contributed by atoms with Gasteiger partial charge in [-0.2, -0.15) is 0 Å². The van der Waals surface area contributed by atoms with E-state index >= 15 is 0 Å². The molecule has 188 valence electrons. The maximum absolute atomic E-state index is 13.2. The zero-order valence-corrected chi connectivity index (χ0v) is 19.5. The lowest BCUT2D eigenvalue weighted by atomic mass is 9.61. The lowest BCUT2D eigenvalue weighted by Crippen LogP contribution is -2.61. The lowest BCUT2D eigenvalue weighted by molar-refractivity contribution is -0.274. The molecule has 2 bridgehead atoms. The minimum Gasteiger partial charge on any atom is -0.406 e. The lowest BCUT2D eigenvalue weighted by Gasteiger charge is -2.54. The summed E-state index contributed by atoms with van der Waals surface area (Å²) in [5, 5.41) is 9.40. The highest BCUT2D eigenvalue weighted by Crippen LogP contribution is 2.54. The molecular weight excluding hydrogens is 473 g/mol. The van der Waals surface area contributed by atoms with Crippen molar-refractivity contribution in [1.29, 1.82) is 0 Å². The van der Waals surface area contributed by atoms with E-state index in [0.29, 0.717) is 5.56 Å². The number of aliphatic hydroxyl groups is 1. The Morgan fingerprint density at radius 2 is 1.72 bits per heavy atom.